The third kappa shape index (κ3) is 1.77. The Morgan fingerprint density at radius 1 is 0.700 bits per heavy atom. The Bertz CT molecular complexity index is 1130. The first kappa shape index (κ1) is 13.3. The molecular formula is C12H8O6S2. The van der Waals surface area contributed by atoms with Crippen LogP contribution in [0.2, 0.25) is 0 Å². The highest BCUT2D eigenvalue weighted by molar-refractivity contribution is 7.89. The predicted octanol–water partition coefficient (Wildman–Crippen LogP) is 1.07. The van der Waals surface area contributed by atoms with Crippen molar-refractivity contribution < 1.29 is 25.9 Å². The normalized spacial score (nSPS) is 13.3. The number of hydrogen-bond donors (Lipinski definition) is 2. The number of benzene rings is 2. The van der Waals surface area contributed by atoms with Gasteiger partial charge < -0.3 is 0 Å². The number of hydrogen-bond acceptors (Lipinski definition) is 4. The molecule has 0 aliphatic heterocycles. The van der Waals surface area contributed by atoms with Crippen LogP contribution in [-0.4, -0.2) is 25.9 Å². The Kier molecular flexibility index (Phi) is 2.58. The van der Waals surface area contributed by atoms with E-state index in [1.807, 2.05) is 0 Å². The lowest BCUT2D eigenvalue weighted by atomic mass is 10.0. The average molecular weight is 312 g/mol. The summed E-state index contributed by atoms with van der Waals surface area (Å²) in [5, 5.41) is 1.90. The molecule has 0 bridgehead atoms. The molecule has 0 spiro atoms. The minimum atomic E-state index is -4.80. The highest BCUT2D eigenvalue weighted by Gasteiger charge is 2.27. The van der Waals surface area contributed by atoms with Gasteiger partial charge in [0.15, 0.2) is 0 Å². The van der Waals surface area contributed by atoms with E-state index in [-0.39, 0.29) is 5.22 Å². The van der Waals surface area contributed by atoms with Crippen LogP contribution in [0, 0.1) is 20.9 Å². The van der Waals surface area contributed by atoms with Crippen LogP contribution in [0.5, 0.6) is 0 Å². The monoisotopic (exact) mass is 312 g/mol. The Morgan fingerprint density at radius 2 is 1.30 bits per heavy atom. The molecule has 2 aromatic carbocycles. The molecule has 0 heterocycles. The van der Waals surface area contributed by atoms with E-state index in [0.29, 0.717) is 10.4 Å². The molecule has 0 aromatic heterocycles. The van der Waals surface area contributed by atoms with Gasteiger partial charge in [0.2, 0.25) is 0 Å². The molecule has 6 nitrogen and oxygen atoms in total. The van der Waals surface area contributed by atoms with Crippen molar-refractivity contribution >= 4 is 20.2 Å². The van der Waals surface area contributed by atoms with Crippen molar-refractivity contribution in [2.45, 2.75) is 9.79 Å². The smallest absolute Gasteiger partial charge is 0.282 e. The topological polar surface area (TPSA) is 109 Å². The van der Waals surface area contributed by atoms with E-state index in [2.05, 4.69) is 0 Å². The van der Waals surface area contributed by atoms with E-state index >= 15 is 0 Å². The van der Waals surface area contributed by atoms with Crippen LogP contribution in [0.15, 0.2) is 46.2 Å². The molecule has 0 unspecified atom stereocenters. The van der Waals surface area contributed by atoms with Gasteiger partial charge in [-0.15, -0.1) is 0 Å². The van der Waals surface area contributed by atoms with E-state index < -0.39 is 30.0 Å². The maximum atomic E-state index is 11.5. The fourth-order valence-electron chi connectivity index (χ4n) is 2.39. The van der Waals surface area contributed by atoms with Crippen LogP contribution in [0.3, 0.4) is 0 Å². The Hall–Kier alpha value is -1.74. The third-order valence-corrected chi connectivity index (χ3v) is 5.11. The lowest BCUT2D eigenvalue weighted by Gasteiger charge is -2.11. The van der Waals surface area contributed by atoms with Gasteiger partial charge >= 0.3 is 0 Å². The Labute approximate surface area is 113 Å². The molecule has 2 aromatic rings. The second kappa shape index (κ2) is 3.89. The van der Waals surface area contributed by atoms with Crippen molar-refractivity contribution in [3.8, 4) is 0 Å². The standard InChI is InChI=1S/C12H8O6S2/c13-19(14,15)10-6-5-9-7-3-1-2-4-8(7)11(9)12(10)20(16,17)18/h1-6H,(H,13,14,15)(H,16,17,18). The minimum Gasteiger partial charge on any atom is -0.282 e. The first-order chi connectivity index (χ1) is 9.21. The van der Waals surface area contributed by atoms with Gasteiger partial charge in [-0.1, -0.05) is 30.3 Å². The quantitative estimate of drug-likeness (QED) is 0.685. The van der Waals surface area contributed by atoms with Gasteiger partial charge in [0.05, 0.1) is 0 Å². The summed E-state index contributed by atoms with van der Waals surface area (Å²) < 4.78 is 64.0. The fourth-order valence-corrected chi connectivity index (χ4v) is 4.40. The molecule has 1 aliphatic carbocycles. The van der Waals surface area contributed by atoms with Crippen LogP contribution < -0.4 is 0 Å². The predicted molar refractivity (Wildman–Crippen MR) is 67.9 cm³/mol. The molecule has 3 rings (SSSR count). The summed E-state index contributed by atoms with van der Waals surface area (Å²) in [6, 6.07) is 9.14. The van der Waals surface area contributed by atoms with Crippen molar-refractivity contribution in [2.24, 2.45) is 0 Å². The molecule has 0 amide bonds. The summed E-state index contributed by atoms with van der Waals surface area (Å²) in [5.74, 6) is 0. The van der Waals surface area contributed by atoms with Gasteiger partial charge in [0.25, 0.3) is 20.2 Å². The molecule has 0 fully saturated rings. The summed E-state index contributed by atoms with van der Waals surface area (Å²) >= 11 is 0. The zero-order valence-electron chi connectivity index (χ0n) is 9.81. The largest absolute Gasteiger partial charge is 0.296 e. The SMILES string of the molecule is O=S(=O)(O)c1ccc2c(c1S(=O)(=O)O)=c1ccccc1=2. The molecule has 8 heteroatoms. The summed E-state index contributed by atoms with van der Waals surface area (Å²) in [7, 11) is -9.56. The third-order valence-electron chi connectivity index (χ3n) is 3.14. The maximum absolute atomic E-state index is 11.5. The lowest BCUT2D eigenvalue weighted by molar-refractivity contribution is 0.465. The van der Waals surface area contributed by atoms with Gasteiger partial charge in [-0.3, -0.25) is 9.11 Å². The van der Waals surface area contributed by atoms with Crippen molar-refractivity contribution in [1.29, 1.82) is 0 Å². The fraction of sp³-hybridized carbons (Fsp3) is 0. The molecule has 0 atom stereocenters. The zero-order chi connectivity index (χ0) is 14.7. The number of fused-ring (bicyclic) bond motifs is 2. The molecule has 1 aliphatic rings. The summed E-state index contributed by atoms with van der Waals surface area (Å²) in [4.78, 5) is -1.61. The van der Waals surface area contributed by atoms with E-state index in [0.717, 1.165) is 11.3 Å². The van der Waals surface area contributed by atoms with Crippen LogP contribution in [0.4, 0.5) is 0 Å². The summed E-state index contributed by atoms with van der Waals surface area (Å²) in [6.45, 7) is 0. The molecular weight excluding hydrogens is 304 g/mol. The summed E-state index contributed by atoms with van der Waals surface area (Å²) in [6.07, 6.45) is 0. The van der Waals surface area contributed by atoms with E-state index in [1.54, 1.807) is 24.3 Å². The lowest BCUT2D eigenvalue weighted by Crippen LogP contribution is -2.12. The van der Waals surface area contributed by atoms with Crippen molar-refractivity contribution in [3.05, 3.63) is 57.3 Å². The van der Waals surface area contributed by atoms with Crippen LogP contribution >= 0.6 is 0 Å². The summed E-state index contributed by atoms with van der Waals surface area (Å²) in [5.41, 5.74) is 0. The maximum Gasteiger partial charge on any atom is 0.296 e. The van der Waals surface area contributed by atoms with Crippen molar-refractivity contribution in [2.75, 3.05) is 0 Å². The Morgan fingerprint density at radius 3 is 1.85 bits per heavy atom. The Balaban J connectivity index is 2.68. The van der Waals surface area contributed by atoms with E-state index in [1.165, 1.54) is 6.07 Å². The first-order valence-corrected chi connectivity index (χ1v) is 8.31. The van der Waals surface area contributed by atoms with Gasteiger partial charge in [-0.25, -0.2) is 0 Å². The highest BCUT2D eigenvalue weighted by Crippen LogP contribution is 2.27. The second-order valence-corrected chi connectivity index (χ2v) is 7.06. The van der Waals surface area contributed by atoms with Crippen molar-refractivity contribution in [3.63, 3.8) is 0 Å². The molecule has 20 heavy (non-hydrogen) atoms. The highest BCUT2D eigenvalue weighted by atomic mass is 32.2. The van der Waals surface area contributed by atoms with Crippen LogP contribution in [0.1, 0.15) is 0 Å². The van der Waals surface area contributed by atoms with Gasteiger partial charge in [-0.2, -0.15) is 16.8 Å². The average Bonchev–Trinajstić information content (AvgIpc) is 2.32. The van der Waals surface area contributed by atoms with E-state index in [9.17, 15) is 21.4 Å². The van der Waals surface area contributed by atoms with Gasteiger partial charge in [-0.05, 0) is 21.7 Å². The zero-order valence-corrected chi connectivity index (χ0v) is 11.4. The van der Waals surface area contributed by atoms with Crippen molar-refractivity contribution in [1.82, 2.24) is 0 Å². The number of rotatable bonds is 2. The second-order valence-electron chi connectivity index (χ2n) is 4.31. The van der Waals surface area contributed by atoms with Crippen LogP contribution in [-0.2, 0) is 20.2 Å². The van der Waals surface area contributed by atoms with E-state index in [4.69, 9.17) is 4.55 Å². The molecule has 2 N–H and O–H groups in total. The molecule has 0 saturated carbocycles. The van der Waals surface area contributed by atoms with Crippen LogP contribution in [0.25, 0.3) is 0 Å². The molecule has 0 saturated heterocycles. The molecule has 0 radical (unpaired) electrons. The van der Waals surface area contributed by atoms with Gasteiger partial charge in [0.1, 0.15) is 9.79 Å². The first-order valence-electron chi connectivity index (χ1n) is 5.43. The minimum absolute atomic E-state index is 0.109. The molecule has 104 valence electrons. The van der Waals surface area contributed by atoms with Gasteiger partial charge in [0, 0.05) is 5.22 Å².